The SMILES string of the molecule is C=CC(=O)C(C)(C)OCCC(C)(C)OCCN(CCOC(C)C)CCOC(C)C. The molecule has 0 aromatic heterocycles. The molecule has 0 unspecified atom stereocenters. The van der Waals surface area contributed by atoms with E-state index in [9.17, 15) is 4.79 Å². The Morgan fingerprint density at radius 2 is 1.34 bits per heavy atom. The van der Waals surface area contributed by atoms with Gasteiger partial charge >= 0.3 is 0 Å². The van der Waals surface area contributed by atoms with E-state index in [1.165, 1.54) is 6.08 Å². The van der Waals surface area contributed by atoms with E-state index < -0.39 is 5.60 Å². The van der Waals surface area contributed by atoms with Gasteiger partial charge < -0.3 is 18.9 Å². The third-order valence-corrected chi connectivity index (χ3v) is 4.56. The highest BCUT2D eigenvalue weighted by molar-refractivity contribution is 5.95. The highest BCUT2D eigenvalue weighted by Crippen LogP contribution is 2.18. The van der Waals surface area contributed by atoms with Crippen molar-refractivity contribution in [3.63, 3.8) is 0 Å². The van der Waals surface area contributed by atoms with Crippen molar-refractivity contribution in [1.82, 2.24) is 4.90 Å². The zero-order chi connectivity index (χ0) is 22.5. The van der Waals surface area contributed by atoms with E-state index in [4.69, 9.17) is 18.9 Å². The molecular formula is C23H45NO5. The number of carbonyl (C=O) groups excluding carboxylic acids is 1. The molecule has 0 N–H and O–H groups in total. The largest absolute Gasteiger partial charge is 0.377 e. The van der Waals surface area contributed by atoms with E-state index in [2.05, 4.69) is 11.5 Å². The Morgan fingerprint density at radius 3 is 1.79 bits per heavy atom. The van der Waals surface area contributed by atoms with E-state index in [-0.39, 0.29) is 23.6 Å². The van der Waals surface area contributed by atoms with Gasteiger partial charge in [-0.1, -0.05) is 6.58 Å². The van der Waals surface area contributed by atoms with E-state index in [1.54, 1.807) is 13.8 Å². The molecule has 0 saturated heterocycles. The summed E-state index contributed by atoms with van der Waals surface area (Å²) in [6, 6.07) is 0. The fourth-order valence-electron chi connectivity index (χ4n) is 2.56. The van der Waals surface area contributed by atoms with Crippen molar-refractivity contribution in [3.05, 3.63) is 12.7 Å². The van der Waals surface area contributed by atoms with Gasteiger partial charge in [0.05, 0.1) is 44.2 Å². The first-order valence-electron chi connectivity index (χ1n) is 10.8. The van der Waals surface area contributed by atoms with Gasteiger partial charge in [-0.15, -0.1) is 0 Å². The summed E-state index contributed by atoms with van der Waals surface area (Å²) in [4.78, 5) is 14.1. The maximum Gasteiger partial charge on any atom is 0.186 e. The second-order valence-electron chi connectivity index (χ2n) is 8.97. The topological polar surface area (TPSA) is 57.2 Å². The molecule has 0 bridgehead atoms. The van der Waals surface area contributed by atoms with E-state index >= 15 is 0 Å². The van der Waals surface area contributed by atoms with Crippen LogP contribution in [-0.2, 0) is 23.7 Å². The summed E-state index contributed by atoms with van der Waals surface area (Å²) in [6.07, 6.45) is 2.48. The molecule has 0 amide bonds. The van der Waals surface area contributed by atoms with Crippen molar-refractivity contribution in [3.8, 4) is 0 Å². The number of carbonyl (C=O) groups is 1. The van der Waals surface area contributed by atoms with E-state index in [1.807, 2.05) is 41.5 Å². The molecule has 0 rings (SSSR count). The van der Waals surface area contributed by atoms with E-state index in [0.717, 1.165) is 19.6 Å². The van der Waals surface area contributed by atoms with Gasteiger partial charge in [0.2, 0.25) is 0 Å². The minimum absolute atomic E-state index is 0.112. The zero-order valence-electron chi connectivity index (χ0n) is 20.1. The molecule has 0 spiro atoms. The molecule has 0 aliphatic heterocycles. The molecule has 0 saturated carbocycles. The number of ketones is 1. The van der Waals surface area contributed by atoms with Gasteiger partial charge in [0.25, 0.3) is 0 Å². The Morgan fingerprint density at radius 1 is 0.862 bits per heavy atom. The molecule has 0 aromatic rings. The van der Waals surface area contributed by atoms with Gasteiger partial charge in [-0.05, 0) is 67.9 Å². The second-order valence-corrected chi connectivity index (χ2v) is 8.97. The molecule has 0 heterocycles. The highest BCUT2D eigenvalue weighted by atomic mass is 16.5. The van der Waals surface area contributed by atoms with Crippen molar-refractivity contribution in [2.24, 2.45) is 0 Å². The second kappa shape index (κ2) is 14.3. The van der Waals surface area contributed by atoms with Gasteiger partial charge in [-0.2, -0.15) is 0 Å². The van der Waals surface area contributed by atoms with Crippen LogP contribution in [0.15, 0.2) is 12.7 Å². The molecule has 0 aliphatic carbocycles. The van der Waals surface area contributed by atoms with Crippen molar-refractivity contribution in [2.45, 2.75) is 85.2 Å². The molecule has 0 aromatic carbocycles. The summed E-state index contributed by atoms with van der Waals surface area (Å²) in [5.41, 5.74) is -1.18. The van der Waals surface area contributed by atoms with Crippen LogP contribution in [0.3, 0.4) is 0 Å². The minimum Gasteiger partial charge on any atom is -0.377 e. The van der Waals surface area contributed by atoms with Crippen LogP contribution in [0.25, 0.3) is 0 Å². The minimum atomic E-state index is -0.846. The van der Waals surface area contributed by atoms with Crippen LogP contribution in [0.1, 0.15) is 61.8 Å². The number of ether oxygens (including phenoxy) is 4. The maximum atomic E-state index is 11.8. The Bertz CT molecular complexity index is 446. The summed E-state index contributed by atoms with van der Waals surface area (Å²) in [5.74, 6) is -0.112. The standard InChI is InChI=1S/C23H45NO5/c1-10-21(25)23(8,9)29-15-11-22(6,7)28-18-14-24(12-16-26-19(2)3)13-17-27-20(4)5/h10,19-20H,1,11-18H2,2-9H3. The first-order valence-corrected chi connectivity index (χ1v) is 10.8. The van der Waals surface area contributed by atoms with Gasteiger partial charge in [-0.3, -0.25) is 9.69 Å². The van der Waals surface area contributed by atoms with Gasteiger partial charge in [-0.25, -0.2) is 0 Å². The lowest BCUT2D eigenvalue weighted by atomic mass is 10.0. The molecule has 0 atom stereocenters. The number of hydrogen-bond donors (Lipinski definition) is 0. The average molecular weight is 416 g/mol. The molecule has 6 heteroatoms. The summed E-state index contributed by atoms with van der Waals surface area (Å²) in [6.45, 7) is 24.3. The van der Waals surface area contributed by atoms with Crippen molar-refractivity contribution >= 4 is 5.78 Å². The number of hydrogen-bond acceptors (Lipinski definition) is 6. The summed E-state index contributed by atoms with van der Waals surface area (Å²) in [5, 5.41) is 0. The summed E-state index contributed by atoms with van der Waals surface area (Å²) >= 11 is 0. The predicted octanol–water partition coefficient (Wildman–Crippen LogP) is 3.87. The lowest BCUT2D eigenvalue weighted by Crippen LogP contribution is -2.38. The monoisotopic (exact) mass is 415 g/mol. The normalized spacial score (nSPS) is 12.9. The third kappa shape index (κ3) is 14.8. The first-order chi connectivity index (χ1) is 13.4. The molecule has 0 radical (unpaired) electrons. The zero-order valence-corrected chi connectivity index (χ0v) is 20.1. The molecule has 0 fully saturated rings. The molecular weight excluding hydrogens is 370 g/mol. The van der Waals surface area contributed by atoms with Crippen molar-refractivity contribution < 1.29 is 23.7 Å². The molecule has 172 valence electrons. The third-order valence-electron chi connectivity index (χ3n) is 4.56. The van der Waals surface area contributed by atoms with Crippen LogP contribution in [0, 0.1) is 0 Å². The number of nitrogens with zero attached hydrogens (tertiary/aromatic N) is 1. The fourth-order valence-corrected chi connectivity index (χ4v) is 2.56. The van der Waals surface area contributed by atoms with Gasteiger partial charge in [0.1, 0.15) is 5.60 Å². The first kappa shape index (κ1) is 28.2. The maximum absolute atomic E-state index is 11.8. The van der Waals surface area contributed by atoms with E-state index in [0.29, 0.717) is 32.8 Å². The van der Waals surface area contributed by atoms with Crippen LogP contribution in [-0.4, -0.2) is 80.2 Å². The van der Waals surface area contributed by atoms with Gasteiger partial charge in [0, 0.05) is 19.6 Å². The molecule has 6 nitrogen and oxygen atoms in total. The van der Waals surface area contributed by atoms with Crippen LogP contribution >= 0.6 is 0 Å². The fraction of sp³-hybridized carbons (Fsp3) is 0.870. The summed E-state index contributed by atoms with van der Waals surface area (Å²) in [7, 11) is 0. The van der Waals surface area contributed by atoms with Crippen molar-refractivity contribution in [1.29, 1.82) is 0 Å². The average Bonchev–Trinajstić information content (AvgIpc) is 2.59. The van der Waals surface area contributed by atoms with Crippen molar-refractivity contribution in [2.75, 3.05) is 46.1 Å². The predicted molar refractivity (Wildman–Crippen MR) is 118 cm³/mol. The number of rotatable bonds is 18. The lowest BCUT2D eigenvalue weighted by Gasteiger charge is -2.30. The molecule has 29 heavy (non-hydrogen) atoms. The molecule has 0 aliphatic rings. The van der Waals surface area contributed by atoms with Crippen LogP contribution in [0.2, 0.25) is 0 Å². The summed E-state index contributed by atoms with van der Waals surface area (Å²) < 4.78 is 23.2. The smallest absolute Gasteiger partial charge is 0.186 e. The van der Waals surface area contributed by atoms with Crippen LogP contribution in [0.4, 0.5) is 0 Å². The Balaban J connectivity index is 4.36. The van der Waals surface area contributed by atoms with Crippen LogP contribution in [0.5, 0.6) is 0 Å². The van der Waals surface area contributed by atoms with Gasteiger partial charge in [0.15, 0.2) is 5.78 Å². The Hall–Kier alpha value is -0.790. The lowest BCUT2D eigenvalue weighted by molar-refractivity contribution is -0.138. The Labute approximate surface area is 178 Å². The van der Waals surface area contributed by atoms with Crippen LogP contribution < -0.4 is 0 Å². The highest BCUT2D eigenvalue weighted by Gasteiger charge is 2.27. The Kier molecular flexibility index (Phi) is 13.9. The quantitative estimate of drug-likeness (QED) is 0.317.